The van der Waals surface area contributed by atoms with E-state index < -0.39 is 50.8 Å². The Kier molecular flexibility index (Phi) is 37.0. The number of hydrogen-bond donors (Lipinski definition) is 5. The Morgan fingerprint density at radius 3 is 1.82 bits per heavy atom. The minimum Gasteiger partial charge on any atom is -0.462 e. The fourth-order valence-electron chi connectivity index (χ4n) is 7.80. The van der Waals surface area contributed by atoms with Gasteiger partial charge in [-0.3, -0.25) is 18.6 Å². The fourth-order valence-corrected chi connectivity index (χ4v) is 8.57. The van der Waals surface area contributed by atoms with Crippen LogP contribution in [0.5, 0.6) is 0 Å². The lowest BCUT2D eigenvalue weighted by Crippen LogP contribution is -2.29. The molecule has 0 aromatic heterocycles. The first-order valence-corrected chi connectivity index (χ1v) is 26.2. The molecule has 1 saturated carbocycles. The summed E-state index contributed by atoms with van der Waals surface area (Å²) < 4.78 is 32.9. The van der Waals surface area contributed by atoms with E-state index in [1.165, 1.54) is 96.3 Å². The van der Waals surface area contributed by atoms with Crippen molar-refractivity contribution in [2.75, 3.05) is 26.4 Å². The van der Waals surface area contributed by atoms with Crippen LogP contribution in [0.15, 0.2) is 36.5 Å². The van der Waals surface area contributed by atoms with Crippen molar-refractivity contribution >= 4 is 19.8 Å². The van der Waals surface area contributed by atoms with E-state index in [-0.39, 0.29) is 50.9 Å². The normalized spacial score (nSPS) is 20.0. The maximum absolute atomic E-state index is 12.7. The van der Waals surface area contributed by atoms with Crippen LogP contribution in [0.4, 0.5) is 0 Å². The van der Waals surface area contributed by atoms with Gasteiger partial charge in [-0.05, 0) is 63.7 Å². The molecule has 0 radical (unpaired) electrons. The average Bonchev–Trinajstić information content (AvgIpc) is 3.52. The van der Waals surface area contributed by atoms with Crippen LogP contribution in [-0.2, 0) is 32.7 Å². The number of phosphoric acid groups is 1. The molecule has 0 aromatic rings. The molecule has 7 atom stereocenters. The third-order valence-corrected chi connectivity index (χ3v) is 12.6. The van der Waals surface area contributed by atoms with Crippen molar-refractivity contribution in [2.45, 2.75) is 224 Å². The lowest BCUT2D eigenvalue weighted by molar-refractivity contribution is -0.161. The van der Waals surface area contributed by atoms with E-state index in [9.17, 15) is 34.4 Å². The third-order valence-electron chi connectivity index (χ3n) is 11.6. The van der Waals surface area contributed by atoms with E-state index in [2.05, 4.69) is 26.0 Å². The second kappa shape index (κ2) is 39.5. The molecule has 0 heterocycles. The largest absolute Gasteiger partial charge is 0.472 e. The number of phosphoric ester groups is 1. The maximum atomic E-state index is 12.7. The van der Waals surface area contributed by atoms with Crippen molar-refractivity contribution in [3.05, 3.63) is 36.5 Å². The highest BCUT2D eigenvalue weighted by Crippen LogP contribution is 2.43. The van der Waals surface area contributed by atoms with E-state index in [0.29, 0.717) is 32.1 Å². The van der Waals surface area contributed by atoms with E-state index in [0.717, 1.165) is 38.5 Å². The Morgan fingerprint density at radius 2 is 1.21 bits per heavy atom. The minimum absolute atomic E-state index is 0.0143. The number of aliphatic hydroxyl groups is 3. The molecule has 362 valence electrons. The molecule has 0 aromatic carbocycles. The van der Waals surface area contributed by atoms with Crippen molar-refractivity contribution in [3.63, 3.8) is 0 Å². The zero-order chi connectivity index (χ0) is 45.5. The summed E-state index contributed by atoms with van der Waals surface area (Å²) in [7, 11) is -4.45. The van der Waals surface area contributed by atoms with Gasteiger partial charge < -0.3 is 35.4 Å². The number of unbranched alkanes of at least 4 members (excludes halogenated alkanes) is 20. The smallest absolute Gasteiger partial charge is 0.462 e. The summed E-state index contributed by atoms with van der Waals surface area (Å²) in [6.07, 6.45) is 38.4. The van der Waals surface area contributed by atoms with Gasteiger partial charge in [-0.15, -0.1) is 0 Å². The Hall–Kier alpha value is -1.89. The SMILES string of the molecule is CCCCCCCC/C=C\CCCCCCCCCCCCCC(=O)OC[C@H](COP(=O)(O)OCCN)OC(=O)CCC/C=C/C[C@@H]1[C@@H](/C=C/[C@@H](O)CCCCC)[C@H](O)C[C@@H]1O. The second-order valence-electron chi connectivity index (χ2n) is 17.3. The number of carbonyl (C=O) groups is 2. The van der Waals surface area contributed by atoms with Crippen LogP contribution >= 0.6 is 7.82 Å². The number of esters is 2. The van der Waals surface area contributed by atoms with Crippen molar-refractivity contribution in [1.29, 1.82) is 0 Å². The maximum Gasteiger partial charge on any atom is 0.472 e. The van der Waals surface area contributed by atoms with Gasteiger partial charge in [-0.2, -0.15) is 0 Å². The van der Waals surface area contributed by atoms with Crippen LogP contribution in [0, 0.1) is 11.8 Å². The first-order valence-electron chi connectivity index (χ1n) is 24.7. The quantitative estimate of drug-likeness (QED) is 0.0169. The standard InChI is InChI=1S/C49H90NO11P/c1-3-5-7-8-9-10-11-12-13-14-15-16-17-18-19-20-21-22-23-24-29-33-48(54)58-40-43(41-60-62(56,57)59-38-37-50)61-49(55)34-30-26-25-28-32-44-45(47(53)39-46(44)52)36-35-42(51)31-27-6-4-2/h12-13,25,28,35-36,42-47,51-53H,3-11,14-24,26-27,29-34,37-41,50H2,1-2H3,(H,56,57)/b13-12-,28-25+,36-35+/t42-,43+,44+,45+,46-,47+/m0/s1. The summed E-state index contributed by atoms with van der Waals surface area (Å²) in [6.45, 7) is 3.36. The Balaban J connectivity index is 2.31. The van der Waals surface area contributed by atoms with Gasteiger partial charge in [0, 0.05) is 31.7 Å². The van der Waals surface area contributed by atoms with Crippen molar-refractivity contribution in [2.24, 2.45) is 17.6 Å². The van der Waals surface area contributed by atoms with Gasteiger partial charge in [0.15, 0.2) is 6.10 Å². The number of carbonyl (C=O) groups excluding carboxylic acids is 2. The topological polar surface area (TPSA) is 195 Å². The fraction of sp³-hybridized carbons (Fsp3) is 0.837. The van der Waals surface area contributed by atoms with Gasteiger partial charge in [-0.25, -0.2) is 4.57 Å². The number of aliphatic hydroxyl groups excluding tert-OH is 3. The van der Waals surface area contributed by atoms with Crippen LogP contribution in [-0.4, -0.2) is 82.9 Å². The highest BCUT2D eigenvalue weighted by molar-refractivity contribution is 7.47. The van der Waals surface area contributed by atoms with E-state index >= 15 is 0 Å². The van der Waals surface area contributed by atoms with Crippen LogP contribution < -0.4 is 5.73 Å². The zero-order valence-corrected chi connectivity index (χ0v) is 39.8. The third kappa shape index (κ3) is 32.7. The average molecular weight is 900 g/mol. The predicted octanol–water partition coefficient (Wildman–Crippen LogP) is 10.9. The summed E-state index contributed by atoms with van der Waals surface area (Å²) in [5, 5.41) is 31.4. The lowest BCUT2D eigenvalue weighted by Gasteiger charge is -2.20. The van der Waals surface area contributed by atoms with Crippen molar-refractivity contribution in [3.8, 4) is 0 Å². The summed E-state index contributed by atoms with van der Waals surface area (Å²) in [5.74, 6) is -1.44. The van der Waals surface area contributed by atoms with Gasteiger partial charge >= 0.3 is 19.8 Å². The van der Waals surface area contributed by atoms with Crippen molar-refractivity contribution in [1.82, 2.24) is 0 Å². The second-order valence-corrected chi connectivity index (χ2v) is 18.7. The molecule has 13 heteroatoms. The highest BCUT2D eigenvalue weighted by Gasteiger charge is 2.39. The van der Waals surface area contributed by atoms with E-state index in [4.69, 9.17) is 24.3 Å². The number of rotatable bonds is 42. The molecule has 0 saturated heterocycles. The molecule has 62 heavy (non-hydrogen) atoms. The number of allylic oxidation sites excluding steroid dienone is 4. The summed E-state index contributed by atoms with van der Waals surface area (Å²) in [4.78, 5) is 35.2. The van der Waals surface area contributed by atoms with Crippen LogP contribution in [0.3, 0.4) is 0 Å². The monoisotopic (exact) mass is 900 g/mol. The summed E-state index contributed by atoms with van der Waals surface area (Å²) in [6, 6.07) is 0. The number of hydrogen-bond acceptors (Lipinski definition) is 11. The molecule has 1 aliphatic carbocycles. The van der Waals surface area contributed by atoms with Crippen molar-refractivity contribution < 1.29 is 52.9 Å². The Morgan fingerprint density at radius 1 is 0.677 bits per heavy atom. The first kappa shape index (κ1) is 58.1. The molecule has 0 spiro atoms. The molecule has 1 aliphatic rings. The molecular weight excluding hydrogens is 810 g/mol. The van der Waals surface area contributed by atoms with Crippen LogP contribution in [0.25, 0.3) is 0 Å². The molecule has 0 bridgehead atoms. The molecule has 1 fully saturated rings. The van der Waals surface area contributed by atoms with Gasteiger partial charge in [-0.1, -0.05) is 159 Å². The number of ether oxygens (including phenoxy) is 2. The van der Waals surface area contributed by atoms with Gasteiger partial charge in [0.05, 0.1) is 31.5 Å². The predicted molar refractivity (Wildman–Crippen MR) is 249 cm³/mol. The Labute approximate surface area is 376 Å². The minimum atomic E-state index is -4.45. The van der Waals surface area contributed by atoms with Gasteiger partial charge in [0.1, 0.15) is 6.61 Å². The summed E-state index contributed by atoms with van der Waals surface area (Å²) in [5.41, 5.74) is 5.36. The van der Waals surface area contributed by atoms with Gasteiger partial charge in [0.2, 0.25) is 0 Å². The molecule has 12 nitrogen and oxygen atoms in total. The first-order chi connectivity index (χ1) is 30.0. The molecular formula is C49H90NO11P. The van der Waals surface area contributed by atoms with Crippen LogP contribution in [0.1, 0.15) is 200 Å². The van der Waals surface area contributed by atoms with Crippen LogP contribution in [0.2, 0.25) is 0 Å². The molecule has 1 unspecified atom stereocenters. The molecule has 1 rings (SSSR count). The molecule has 0 aliphatic heterocycles. The molecule has 0 amide bonds. The van der Waals surface area contributed by atoms with E-state index in [1.54, 1.807) is 6.08 Å². The molecule has 6 N–H and O–H groups in total. The highest BCUT2D eigenvalue weighted by atomic mass is 31.2. The van der Waals surface area contributed by atoms with Gasteiger partial charge in [0.25, 0.3) is 0 Å². The number of nitrogens with two attached hydrogens (primary N) is 1. The Bertz CT molecular complexity index is 1230. The zero-order valence-electron chi connectivity index (χ0n) is 38.9. The van der Waals surface area contributed by atoms with E-state index in [1.807, 2.05) is 18.2 Å². The lowest BCUT2D eigenvalue weighted by atomic mass is 9.89. The summed E-state index contributed by atoms with van der Waals surface area (Å²) >= 11 is 0.